The Morgan fingerprint density at radius 1 is 1.42 bits per heavy atom. The molecule has 2 heterocycles. The summed E-state index contributed by atoms with van der Waals surface area (Å²) in [5, 5.41) is 21.4. The molecular formula is C13H11N3O2S. The highest BCUT2D eigenvalue weighted by Gasteiger charge is 2.18. The van der Waals surface area contributed by atoms with Crippen LogP contribution in [0.2, 0.25) is 0 Å². The van der Waals surface area contributed by atoms with Gasteiger partial charge >= 0.3 is 5.97 Å². The first-order valence-corrected chi connectivity index (χ1v) is 6.72. The summed E-state index contributed by atoms with van der Waals surface area (Å²) in [5.41, 5.74) is 2.48. The summed E-state index contributed by atoms with van der Waals surface area (Å²) in [5.74, 6) is -0.966. The number of fused-ring (bicyclic) bond motifs is 1. The first-order valence-electron chi connectivity index (χ1n) is 5.78. The highest BCUT2D eigenvalue weighted by molar-refractivity contribution is 7.07. The highest BCUT2D eigenvalue weighted by Crippen LogP contribution is 2.25. The van der Waals surface area contributed by atoms with Crippen molar-refractivity contribution in [1.82, 2.24) is 15.0 Å². The van der Waals surface area contributed by atoms with Gasteiger partial charge in [-0.3, -0.25) is 0 Å². The van der Waals surface area contributed by atoms with Crippen LogP contribution in [0.4, 0.5) is 0 Å². The Balaban J connectivity index is 2.22. The number of rotatable bonds is 3. The van der Waals surface area contributed by atoms with Crippen LogP contribution in [-0.2, 0) is 0 Å². The van der Waals surface area contributed by atoms with Crippen LogP contribution in [0.15, 0.2) is 35.0 Å². The van der Waals surface area contributed by atoms with Crippen LogP contribution in [0.5, 0.6) is 0 Å². The molecule has 19 heavy (non-hydrogen) atoms. The molecule has 0 aliphatic heterocycles. The smallest absolute Gasteiger partial charge is 0.337 e. The van der Waals surface area contributed by atoms with Gasteiger partial charge in [0.25, 0.3) is 0 Å². The Morgan fingerprint density at radius 3 is 2.95 bits per heavy atom. The molecule has 6 heteroatoms. The van der Waals surface area contributed by atoms with E-state index in [1.807, 2.05) is 23.8 Å². The number of aromatic nitrogens is 3. The number of carboxylic acid groups (broad SMARTS) is 1. The first-order chi connectivity index (χ1) is 9.18. The lowest BCUT2D eigenvalue weighted by molar-refractivity contribution is 0.0698. The molecular weight excluding hydrogens is 262 g/mol. The zero-order valence-electron chi connectivity index (χ0n) is 10.1. The van der Waals surface area contributed by atoms with E-state index in [0.29, 0.717) is 11.0 Å². The Kier molecular flexibility index (Phi) is 2.79. The molecule has 0 saturated heterocycles. The average Bonchev–Trinajstić information content (AvgIpc) is 3.06. The van der Waals surface area contributed by atoms with E-state index in [9.17, 15) is 9.90 Å². The van der Waals surface area contributed by atoms with Gasteiger partial charge in [-0.25, -0.2) is 9.48 Å². The van der Waals surface area contributed by atoms with Crippen LogP contribution in [0.25, 0.3) is 11.0 Å². The Labute approximate surface area is 113 Å². The first kappa shape index (κ1) is 11.9. The van der Waals surface area contributed by atoms with Crippen molar-refractivity contribution >= 4 is 28.3 Å². The zero-order chi connectivity index (χ0) is 13.4. The number of carbonyl (C=O) groups is 1. The summed E-state index contributed by atoms with van der Waals surface area (Å²) in [7, 11) is 0. The SMILES string of the molecule is CC(c1ccsc1)n1nnc2cccc(C(=O)O)c21. The van der Waals surface area contributed by atoms with Gasteiger partial charge < -0.3 is 5.11 Å². The Hall–Kier alpha value is -2.21. The molecule has 1 aromatic carbocycles. The van der Waals surface area contributed by atoms with Gasteiger partial charge in [-0.2, -0.15) is 11.3 Å². The van der Waals surface area contributed by atoms with E-state index in [1.165, 1.54) is 0 Å². The minimum Gasteiger partial charge on any atom is -0.478 e. The fraction of sp³-hybridized carbons (Fsp3) is 0.154. The van der Waals surface area contributed by atoms with E-state index >= 15 is 0 Å². The second-order valence-corrected chi connectivity index (χ2v) is 5.03. The van der Waals surface area contributed by atoms with Gasteiger partial charge in [0.2, 0.25) is 0 Å². The maximum absolute atomic E-state index is 11.3. The van der Waals surface area contributed by atoms with Crippen molar-refractivity contribution in [2.24, 2.45) is 0 Å². The lowest BCUT2D eigenvalue weighted by atomic mass is 10.1. The normalized spacial score (nSPS) is 12.7. The molecule has 0 aliphatic rings. The number of thiophene rings is 1. The fourth-order valence-corrected chi connectivity index (χ4v) is 2.84. The van der Waals surface area contributed by atoms with Crippen molar-refractivity contribution in [2.45, 2.75) is 13.0 Å². The van der Waals surface area contributed by atoms with Crippen LogP contribution < -0.4 is 0 Å². The van der Waals surface area contributed by atoms with Crippen molar-refractivity contribution in [1.29, 1.82) is 0 Å². The van der Waals surface area contributed by atoms with Crippen LogP contribution in [0.1, 0.15) is 28.9 Å². The molecule has 1 N–H and O–H groups in total. The number of nitrogens with zero attached hydrogens (tertiary/aromatic N) is 3. The molecule has 0 spiro atoms. The number of carboxylic acids is 1. The van der Waals surface area contributed by atoms with Crippen molar-refractivity contribution in [2.75, 3.05) is 0 Å². The van der Waals surface area contributed by atoms with Crippen molar-refractivity contribution < 1.29 is 9.90 Å². The maximum Gasteiger partial charge on any atom is 0.337 e. The number of para-hydroxylation sites is 1. The molecule has 0 saturated carbocycles. The van der Waals surface area contributed by atoms with E-state index in [0.717, 1.165) is 5.56 Å². The average molecular weight is 273 g/mol. The zero-order valence-corrected chi connectivity index (χ0v) is 11.0. The molecule has 5 nitrogen and oxygen atoms in total. The standard InChI is InChI=1S/C13H11N3O2S/c1-8(9-5-6-19-7-9)16-12-10(13(17)18)3-2-4-11(12)14-15-16/h2-8H,1H3,(H,17,18). The largest absolute Gasteiger partial charge is 0.478 e. The number of hydrogen-bond donors (Lipinski definition) is 1. The lowest BCUT2D eigenvalue weighted by Crippen LogP contribution is -2.10. The van der Waals surface area contributed by atoms with E-state index in [1.54, 1.807) is 34.2 Å². The topological polar surface area (TPSA) is 68.0 Å². The molecule has 0 aliphatic carbocycles. The number of aromatic carboxylic acids is 1. The molecule has 3 rings (SSSR count). The van der Waals surface area contributed by atoms with Gasteiger partial charge in [-0.05, 0) is 41.4 Å². The second-order valence-electron chi connectivity index (χ2n) is 4.25. The molecule has 1 unspecified atom stereocenters. The Bertz CT molecular complexity index is 734. The predicted molar refractivity (Wildman–Crippen MR) is 72.6 cm³/mol. The number of hydrogen-bond acceptors (Lipinski definition) is 4. The van der Waals surface area contributed by atoms with Crippen LogP contribution >= 0.6 is 11.3 Å². The lowest BCUT2D eigenvalue weighted by Gasteiger charge is -2.11. The van der Waals surface area contributed by atoms with Gasteiger partial charge in [-0.1, -0.05) is 11.3 Å². The highest BCUT2D eigenvalue weighted by atomic mass is 32.1. The number of benzene rings is 1. The minimum atomic E-state index is -0.966. The summed E-state index contributed by atoms with van der Waals surface area (Å²) in [6.07, 6.45) is 0. The fourth-order valence-electron chi connectivity index (χ4n) is 2.09. The van der Waals surface area contributed by atoms with Crippen molar-refractivity contribution in [3.8, 4) is 0 Å². The Morgan fingerprint density at radius 2 is 2.26 bits per heavy atom. The van der Waals surface area contributed by atoms with Crippen LogP contribution in [-0.4, -0.2) is 26.1 Å². The van der Waals surface area contributed by atoms with Gasteiger partial charge in [0, 0.05) is 0 Å². The van der Waals surface area contributed by atoms with Crippen molar-refractivity contribution in [3.63, 3.8) is 0 Å². The van der Waals surface area contributed by atoms with Crippen LogP contribution in [0, 0.1) is 0 Å². The third-order valence-corrected chi connectivity index (χ3v) is 3.82. The molecule has 3 aromatic rings. The minimum absolute atomic E-state index is 0.0447. The summed E-state index contributed by atoms with van der Waals surface area (Å²) in [6, 6.07) is 6.99. The molecule has 0 fully saturated rings. The summed E-state index contributed by atoms with van der Waals surface area (Å²) in [4.78, 5) is 11.3. The van der Waals surface area contributed by atoms with Gasteiger partial charge in [0.15, 0.2) is 0 Å². The van der Waals surface area contributed by atoms with E-state index in [2.05, 4.69) is 10.3 Å². The van der Waals surface area contributed by atoms with Gasteiger partial charge in [0.05, 0.1) is 11.6 Å². The molecule has 0 bridgehead atoms. The molecule has 2 aromatic heterocycles. The monoisotopic (exact) mass is 273 g/mol. The van der Waals surface area contributed by atoms with Crippen molar-refractivity contribution in [3.05, 3.63) is 46.2 Å². The molecule has 96 valence electrons. The summed E-state index contributed by atoms with van der Waals surface area (Å²) in [6.45, 7) is 1.98. The summed E-state index contributed by atoms with van der Waals surface area (Å²) >= 11 is 1.60. The maximum atomic E-state index is 11.3. The quantitative estimate of drug-likeness (QED) is 0.796. The van der Waals surface area contributed by atoms with E-state index in [4.69, 9.17) is 0 Å². The van der Waals surface area contributed by atoms with E-state index < -0.39 is 5.97 Å². The predicted octanol–water partition coefficient (Wildman–Crippen LogP) is 2.80. The summed E-state index contributed by atoms with van der Waals surface area (Å²) < 4.78 is 1.67. The third-order valence-electron chi connectivity index (χ3n) is 3.12. The van der Waals surface area contributed by atoms with E-state index in [-0.39, 0.29) is 11.6 Å². The molecule has 0 amide bonds. The van der Waals surface area contributed by atoms with Crippen LogP contribution in [0.3, 0.4) is 0 Å². The molecule has 0 radical (unpaired) electrons. The second kappa shape index (κ2) is 4.47. The molecule has 1 atom stereocenters. The van der Waals surface area contributed by atoms with Gasteiger partial charge in [0.1, 0.15) is 11.0 Å². The van der Waals surface area contributed by atoms with Gasteiger partial charge in [-0.15, -0.1) is 5.10 Å². The third kappa shape index (κ3) is 1.90.